The Morgan fingerprint density at radius 1 is 1.32 bits per heavy atom. The van der Waals surface area contributed by atoms with Crippen LogP contribution in [-0.4, -0.2) is 30.4 Å². The van der Waals surface area contributed by atoms with Crippen LogP contribution in [-0.2, 0) is 4.79 Å². The third-order valence-corrected chi connectivity index (χ3v) is 5.60. The molecule has 0 spiro atoms. The van der Waals surface area contributed by atoms with Gasteiger partial charge in [0, 0.05) is 19.0 Å². The predicted octanol–water partition coefficient (Wildman–Crippen LogP) is 2.79. The van der Waals surface area contributed by atoms with E-state index in [1.807, 2.05) is 0 Å². The van der Waals surface area contributed by atoms with Crippen molar-refractivity contribution >= 4 is 5.91 Å². The molecular formula is C16H30N2O. The van der Waals surface area contributed by atoms with Crippen molar-refractivity contribution in [2.24, 2.45) is 23.0 Å². The number of rotatable bonds is 3. The first-order chi connectivity index (χ1) is 9.08. The summed E-state index contributed by atoms with van der Waals surface area (Å²) < 4.78 is 0. The molecule has 0 aromatic heterocycles. The highest BCUT2D eigenvalue weighted by atomic mass is 16.2. The Balaban J connectivity index is 1.87. The molecule has 1 saturated heterocycles. The van der Waals surface area contributed by atoms with Crippen LogP contribution < -0.4 is 5.73 Å². The number of amides is 1. The number of hydrogen-bond acceptors (Lipinski definition) is 2. The van der Waals surface area contributed by atoms with E-state index in [9.17, 15) is 4.79 Å². The maximum atomic E-state index is 12.6. The average molecular weight is 266 g/mol. The van der Waals surface area contributed by atoms with Crippen molar-refractivity contribution in [3.63, 3.8) is 0 Å². The lowest BCUT2D eigenvalue weighted by Gasteiger charge is -2.41. The van der Waals surface area contributed by atoms with Gasteiger partial charge >= 0.3 is 0 Å². The molecular weight excluding hydrogens is 236 g/mol. The second-order valence-electron chi connectivity index (χ2n) is 6.95. The summed E-state index contributed by atoms with van der Waals surface area (Å²) in [5.74, 6) is 1.25. The maximum Gasteiger partial charge on any atom is 0.225 e. The van der Waals surface area contributed by atoms with Crippen molar-refractivity contribution in [1.29, 1.82) is 0 Å². The molecule has 0 aromatic carbocycles. The van der Waals surface area contributed by atoms with Gasteiger partial charge in [-0.05, 0) is 50.0 Å². The molecule has 2 rings (SSSR count). The number of nitrogens with two attached hydrogens (primary N) is 1. The van der Waals surface area contributed by atoms with Gasteiger partial charge in [-0.15, -0.1) is 0 Å². The lowest BCUT2D eigenvalue weighted by atomic mass is 9.77. The Kier molecular flexibility index (Phi) is 4.88. The molecule has 1 aliphatic heterocycles. The Hall–Kier alpha value is -0.570. The summed E-state index contributed by atoms with van der Waals surface area (Å²) in [5, 5.41) is 0. The number of likely N-dealkylation sites (tertiary alicyclic amines) is 1. The highest BCUT2D eigenvalue weighted by Crippen LogP contribution is 2.36. The first kappa shape index (κ1) is 14.8. The molecule has 0 radical (unpaired) electrons. The minimum absolute atomic E-state index is 0.258. The quantitative estimate of drug-likeness (QED) is 0.854. The maximum absolute atomic E-state index is 12.6. The van der Waals surface area contributed by atoms with Gasteiger partial charge in [-0.2, -0.15) is 0 Å². The molecule has 2 atom stereocenters. The van der Waals surface area contributed by atoms with E-state index in [-0.39, 0.29) is 5.92 Å². The third-order valence-electron chi connectivity index (χ3n) is 5.60. The lowest BCUT2D eigenvalue weighted by molar-refractivity contribution is -0.139. The molecule has 1 amide bonds. The van der Waals surface area contributed by atoms with E-state index >= 15 is 0 Å². The highest BCUT2D eigenvalue weighted by Gasteiger charge is 2.34. The van der Waals surface area contributed by atoms with E-state index < -0.39 is 0 Å². The molecule has 1 heterocycles. The zero-order chi connectivity index (χ0) is 13.9. The molecule has 110 valence electrons. The van der Waals surface area contributed by atoms with E-state index in [0.717, 1.165) is 32.5 Å². The first-order valence-electron chi connectivity index (χ1n) is 8.07. The molecule has 2 aliphatic rings. The molecule has 2 fully saturated rings. The lowest BCUT2D eigenvalue weighted by Crippen LogP contribution is -2.45. The molecule has 1 saturated carbocycles. The van der Waals surface area contributed by atoms with Gasteiger partial charge in [0.25, 0.3) is 0 Å². The molecule has 2 unspecified atom stereocenters. The van der Waals surface area contributed by atoms with Gasteiger partial charge in [0.1, 0.15) is 0 Å². The summed E-state index contributed by atoms with van der Waals surface area (Å²) in [6.45, 7) is 7.31. The Bertz CT molecular complexity index is 308. The monoisotopic (exact) mass is 266 g/mol. The minimum atomic E-state index is 0.258. The third kappa shape index (κ3) is 3.50. The standard InChI is InChI=1S/C16H30N2O/c1-3-16(2)7-9-18(10-8-16)15(19)14-6-4-5-13(11-14)12-17/h13-14H,3-12,17H2,1-2H3. The molecule has 1 aliphatic carbocycles. The van der Waals surface area contributed by atoms with Crippen LogP contribution in [0.5, 0.6) is 0 Å². The molecule has 3 nitrogen and oxygen atoms in total. The van der Waals surface area contributed by atoms with Crippen molar-refractivity contribution in [2.75, 3.05) is 19.6 Å². The Labute approximate surface area is 117 Å². The van der Waals surface area contributed by atoms with Crippen LogP contribution in [0.15, 0.2) is 0 Å². The van der Waals surface area contributed by atoms with E-state index in [1.54, 1.807) is 0 Å². The molecule has 2 N–H and O–H groups in total. The van der Waals surface area contributed by atoms with Gasteiger partial charge in [0.2, 0.25) is 5.91 Å². The van der Waals surface area contributed by atoms with Crippen molar-refractivity contribution in [2.45, 2.75) is 58.8 Å². The second-order valence-corrected chi connectivity index (χ2v) is 6.95. The highest BCUT2D eigenvalue weighted by molar-refractivity contribution is 5.79. The van der Waals surface area contributed by atoms with Crippen molar-refractivity contribution in [3.8, 4) is 0 Å². The summed E-state index contributed by atoms with van der Waals surface area (Å²) in [6, 6.07) is 0. The summed E-state index contributed by atoms with van der Waals surface area (Å²) in [5.41, 5.74) is 6.23. The number of carbonyl (C=O) groups excluding carboxylic acids is 1. The van der Waals surface area contributed by atoms with Crippen LogP contribution in [0.25, 0.3) is 0 Å². The van der Waals surface area contributed by atoms with Crippen LogP contribution >= 0.6 is 0 Å². The van der Waals surface area contributed by atoms with E-state index in [4.69, 9.17) is 5.73 Å². The number of hydrogen-bond donors (Lipinski definition) is 1. The predicted molar refractivity (Wildman–Crippen MR) is 78.7 cm³/mol. The summed E-state index contributed by atoms with van der Waals surface area (Å²) >= 11 is 0. The molecule has 3 heteroatoms. The van der Waals surface area contributed by atoms with E-state index in [2.05, 4.69) is 18.7 Å². The SMILES string of the molecule is CCC1(C)CCN(C(=O)C2CCCC(CN)C2)CC1. The second kappa shape index (κ2) is 6.25. The number of carbonyl (C=O) groups is 1. The van der Waals surface area contributed by atoms with Crippen LogP contribution in [0.1, 0.15) is 58.8 Å². The zero-order valence-corrected chi connectivity index (χ0v) is 12.7. The van der Waals surface area contributed by atoms with Gasteiger partial charge in [-0.3, -0.25) is 4.79 Å². The summed E-state index contributed by atoms with van der Waals surface area (Å²) in [6.07, 6.45) is 8.07. The normalized spacial score (nSPS) is 31.2. The van der Waals surface area contributed by atoms with E-state index in [0.29, 0.717) is 17.2 Å². The van der Waals surface area contributed by atoms with Gasteiger partial charge in [-0.25, -0.2) is 0 Å². The smallest absolute Gasteiger partial charge is 0.225 e. The Morgan fingerprint density at radius 2 is 2.00 bits per heavy atom. The van der Waals surface area contributed by atoms with Crippen molar-refractivity contribution in [3.05, 3.63) is 0 Å². The van der Waals surface area contributed by atoms with E-state index in [1.165, 1.54) is 32.1 Å². The first-order valence-corrected chi connectivity index (χ1v) is 8.07. The van der Waals surface area contributed by atoms with Gasteiger partial charge in [0.15, 0.2) is 0 Å². The Morgan fingerprint density at radius 3 is 2.58 bits per heavy atom. The number of nitrogens with zero attached hydrogens (tertiary/aromatic N) is 1. The minimum Gasteiger partial charge on any atom is -0.342 e. The zero-order valence-electron chi connectivity index (χ0n) is 12.7. The van der Waals surface area contributed by atoms with Gasteiger partial charge < -0.3 is 10.6 Å². The summed E-state index contributed by atoms with van der Waals surface area (Å²) in [4.78, 5) is 14.7. The van der Waals surface area contributed by atoms with Crippen LogP contribution in [0.2, 0.25) is 0 Å². The van der Waals surface area contributed by atoms with Gasteiger partial charge in [-0.1, -0.05) is 26.7 Å². The van der Waals surface area contributed by atoms with Crippen LogP contribution in [0.3, 0.4) is 0 Å². The summed E-state index contributed by atoms with van der Waals surface area (Å²) in [7, 11) is 0. The average Bonchev–Trinajstić information content (AvgIpc) is 2.47. The van der Waals surface area contributed by atoms with Crippen molar-refractivity contribution in [1.82, 2.24) is 4.90 Å². The topological polar surface area (TPSA) is 46.3 Å². The van der Waals surface area contributed by atoms with Crippen LogP contribution in [0, 0.1) is 17.3 Å². The van der Waals surface area contributed by atoms with Crippen LogP contribution in [0.4, 0.5) is 0 Å². The fourth-order valence-electron chi connectivity index (χ4n) is 3.61. The van der Waals surface area contributed by atoms with Crippen molar-refractivity contribution < 1.29 is 4.79 Å². The fraction of sp³-hybridized carbons (Fsp3) is 0.938. The molecule has 19 heavy (non-hydrogen) atoms. The fourth-order valence-corrected chi connectivity index (χ4v) is 3.61. The molecule has 0 aromatic rings. The molecule has 0 bridgehead atoms. The van der Waals surface area contributed by atoms with Gasteiger partial charge in [0.05, 0.1) is 0 Å². The number of piperidine rings is 1. The largest absolute Gasteiger partial charge is 0.342 e.